The SMILES string of the molecule is CNC(=O)[C@H](C)N(Cc1ccc(OC)cc1)C(=O)CN(c1ccccc1)S(=O)(=O)c1ccc(F)cc1. The lowest BCUT2D eigenvalue weighted by Crippen LogP contribution is -2.50. The molecular weight excluding hydrogens is 485 g/mol. The van der Waals surface area contributed by atoms with Crippen LogP contribution in [0.2, 0.25) is 0 Å². The van der Waals surface area contributed by atoms with Gasteiger partial charge in [-0.25, -0.2) is 12.8 Å². The zero-order valence-electron chi connectivity index (χ0n) is 20.2. The Labute approximate surface area is 210 Å². The largest absolute Gasteiger partial charge is 0.497 e. The number of sulfonamides is 1. The Balaban J connectivity index is 1.98. The van der Waals surface area contributed by atoms with Crippen molar-refractivity contribution in [3.8, 4) is 5.75 Å². The average molecular weight is 514 g/mol. The van der Waals surface area contributed by atoms with Crippen LogP contribution in [0.1, 0.15) is 12.5 Å². The number of nitrogens with one attached hydrogen (secondary N) is 1. The number of carbonyl (C=O) groups is 2. The fourth-order valence-electron chi connectivity index (χ4n) is 3.58. The van der Waals surface area contributed by atoms with E-state index < -0.39 is 40.2 Å². The first-order chi connectivity index (χ1) is 17.2. The molecule has 3 rings (SSSR count). The second-order valence-electron chi connectivity index (χ2n) is 7.96. The van der Waals surface area contributed by atoms with Crippen molar-refractivity contribution in [1.82, 2.24) is 10.2 Å². The maximum Gasteiger partial charge on any atom is 0.264 e. The molecule has 0 saturated heterocycles. The van der Waals surface area contributed by atoms with E-state index in [0.717, 1.165) is 34.1 Å². The first kappa shape index (κ1) is 26.7. The van der Waals surface area contributed by atoms with Gasteiger partial charge in [0.05, 0.1) is 17.7 Å². The molecule has 0 bridgehead atoms. The number of nitrogens with zero attached hydrogens (tertiary/aromatic N) is 2. The summed E-state index contributed by atoms with van der Waals surface area (Å²) in [7, 11) is -1.23. The average Bonchev–Trinajstić information content (AvgIpc) is 2.90. The highest BCUT2D eigenvalue weighted by Crippen LogP contribution is 2.24. The minimum absolute atomic E-state index is 0.0661. The Hall–Kier alpha value is -3.92. The van der Waals surface area contributed by atoms with Gasteiger partial charge >= 0.3 is 0 Å². The fraction of sp³-hybridized carbons (Fsp3) is 0.231. The van der Waals surface area contributed by atoms with Gasteiger partial charge in [-0.05, 0) is 61.0 Å². The van der Waals surface area contributed by atoms with Gasteiger partial charge in [-0.1, -0.05) is 30.3 Å². The molecule has 36 heavy (non-hydrogen) atoms. The van der Waals surface area contributed by atoms with E-state index in [1.54, 1.807) is 61.5 Å². The third-order valence-corrected chi connectivity index (χ3v) is 7.44. The van der Waals surface area contributed by atoms with Gasteiger partial charge in [0.25, 0.3) is 10.0 Å². The molecule has 0 aliphatic rings. The van der Waals surface area contributed by atoms with E-state index >= 15 is 0 Å². The number of rotatable bonds is 10. The van der Waals surface area contributed by atoms with Crippen LogP contribution in [0.5, 0.6) is 5.75 Å². The van der Waals surface area contributed by atoms with E-state index in [2.05, 4.69) is 5.32 Å². The second-order valence-corrected chi connectivity index (χ2v) is 9.82. The van der Waals surface area contributed by atoms with E-state index in [-0.39, 0.29) is 17.1 Å². The van der Waals surface area contributed by atoms with E-state index in [1.165, 1.54) is 19.1 Å². The minimum atomic E-state index is -4.23. The molecular formula is C26H28FN3O5S. The molecule has 0 heterocycles. The molecule has 2 amide bonds. The zero-order chi connectivity index (χ0) is 26.3. The van der Waals surface area contributed by atoms with Crippen LogP contribution < -0.4 is 14.4 Å². The normalized spacial score (nSPS) is 11.9. The Morgan fingerprint density at radius 3 is 2.14 bits per heavy atom. The van der Waals surface area contributed by atoms with Crippen LogP contribution in [0, 0.1) is 5.82 Å². The first-order valence-electron chi connectivity index (χ1n) is 11.1. The third kappa shape index (κ3) is 6.19. The predicted molar refractivity (Wildman–Crippen MR) is 134 cm³/mol. The summed E-state index contributed by atoms with van der Waals surface area (Å²) in [5.74, 6) is -0.932. The summed E-state index contributed by atoms with van der Waals surface area (Å²) in [5, 5.41) is 2.53. The lowest BCUT2D eigenvalue weighted by atomic mass is 10.1. The summed E-state index contributed by atoms with van der Waals surface area (Å²) < 4.78 is 46.6. The van der Waals surface area contributed by atoms with Crippen LogP contribution in [0.25, 0.3) is 0 Å². The number of benzene rings is 3. The second kappa shape index (κ2) is 11.7. The van der Waals surface area contributed by atoms with Gasteiger partial charge in [0.15, 0.2) is 0 Å². The number of hydrogen-bond acceptors (Lipinski definition) is 5. The van der Waals surface area contributed by atoms with Gasteiger partial charge in [0.2, 0.25) is 11.8 Å². The predicted octanol–water partition coefficient (Wildman–Crippen LogP) is 3.19. The van der Waals surface area contributed by atoms with Gasteiger partial charge in [-0.15, -0.1) is 0 Å². The van der Waals surface area contributed by atoms with Crippen LogP contribution >= 0.6 is 0 Å². The number of likely N-dealkylation sites (N-methyl/N-ethyl adjacent to an activating group) is 1. The summed E-state index contributed by atoms with van der Waals surface area (Å²) in [6.45, 7) is 1.07. The highest BCUT2D eigenvalue weighted by atomic mass is 32.2. The van der Waals surface area contributed by atoms with Crippen LogP contribution in [0.15, 0.2) is 83.8 Å². The van der Waals surface area contributed by atoms with Crippen LogP contribution in [0.3, 0.4) is 0 Å². The zero-order valence-corrected chi connectivity index (χ0v) is 21.0. The molecule has 0 radical (unpaired) electrons. The van der Waals surface area contributed by atoms with Gasteiger partial charge in [-0.2, -0.15) is 0 Å². The van der Waals surface area contributed by atoms with Crippen molar-refractivity contribution >= 4 is 27.5 Å². The molecule has 0 aliphatic heterocycles. The molecule has 0 fully saturated rings. The molecule has 0 saturated carbocycles. The lowest BCUT2D eigenvalue weighted by molar-refractivity contribution is -0.139. The smallest absolute Gasteiger partial charge is 0.264 e. The number of anilines is 1. The van der Waals surface area contributed by atoms with E-state index in [1.807, 2.05) is 0 Å². The monoisotopic (exact) mass is 513 g/mol. The number of methoxy groups -OCH3 is 1. The van der Waals surface area contributed by atoms with Crippen molar-refractivity contribution in [2.75, 3.05) is 25.0 Å². The van der Waals surface area contributed by atoms with Gasteiger partial charge in [0, 0.05) is 13.6 Å². The van der Waals surface area contributed by atoms with Crippen molar-refractivity contribution in [3.05, 3.63) is 90.2 Å². The van der Waals surface area contributed by atoms with E-state index in [4.69, 9.17) is 4.74 Å². The Kier molecular flexibility index (Phi) is 8.65. The van der Waals surface area contributed by atoms with Gasteiger partial charge in [0.1, 0.15) is 24.2 Å². The van der Waals surface area contributed by atoms with Crippen molar-refractivity contribution < 1.29 is 27.1 Å². The fourth-order valence-corrected chi connectivity index (χ4v) is 4.99. The molecule has 0 unspecified atom stereocenters. The van der Waals surface area contributed by atoms with Gasteiger partial charge < -0.3 is 15.0 Å². The molecule has 0 aromatic heterocycles. The van der Waals surface area contributed by atoms with Crippen molar-refractivity contribution in [2.45, 2.75) is 24.4 Å². The maximum absolute atomic E-state index is 13.6. The molecule has 0 aliphatic carbocycles. The number of ether oxygens (including phenoxy) is 1. The van der Waals surface area contributed by atoms with Gasteiger partial charge in [-0.3, -0.25) is 13.9 Å². The Morgan fingerprint density at radius 1 is 0.972 bits per heavy atom. The topological polar surface area (TPSA) is 96.0 Å². The highest BCUT2D eigenvalue weighted by Gasteiger charge is 2.32. The Bertz CT molecular complexity index is 1280. The highest BCUT2D eigenvalue weighted by molar-refractivity contribution is 7.92. The maximum atomic E-state index is 13.6. The molecule has 0 spiro atoms. The molecule has 3 aromatic carbocycles. The molecule has 8 nitrogen and oxygen atoms in total. The molecule has 10 heteroatoms. The first-order valence-corrected chi connectivity index (χ1v) is 12.6. The summed E-state index contributed by atoms with van der Waals surface area (Å²) in [5.41, 5.74) is 0.986. The summed E-state index contributed by atoms with van der Waals surface area (Å²) in [6, 6.07) is 18.6. The lowest BCUT2D eigenvalue weighted by Gasteiger charge is -2.31. The van der Waals surface area contributed by atoms with Crippen LogP contribution in [-0.2, 0) is 26.2 Å². The molecule has 1 N–H and O–H groups in total. The van der Waals surface area contributed by atoms with Crippen molar-refractivity contribution in [2.24, 2.45) is 0 Å². The molecule has 1 atom stereocenters. The number of para-hydroxylation sites is 1. The number of amides is 2. The van der Waals surface area contributed by atoms with Crippen LogP contribution in [0.4, 0.5) is 10.1 Å². The van der Waals surface area contributed by atoms with Crippen molar-refractivity contribution in [1.29, 1.82) is 0 Å². The van der Waals surface area contributed by atoms with E-state index in [0.29, 0.717) is 5.75 Å². The summed E-state index contributed by atoms with van der Waals surface area (Å²) in [6.07, 6.45) is 0. The third-order valence-electron chi connectivity index (χ3n) is 5.65. The standard InChI is InChI=1S/C26H28FN3O5S/c1-19(26(32)28-2)29(17-20-9-13-23(35-3)14-10-20)25(31)18-30(22-7-5-4-6-8-22)36(33,34)24-15-11-21(27)12-16-24/h4-16,19H,17-18H2,1-3H3,(H,28,32)/t19-/m0/s1. The van der Waals surface area contributed by atoms with E-state index in [9.17, 15) is 22.4 Å². The Morgan fingerprint density at radius 2 is 1.58 bits per heavy atom. The van der Waals surface area contributed by atoms with Crippen LogP contribution in [-0.4, -0.2) is 51.9 Å². The number of carbonyl (C=O) groups excluding carboxylic acids is 2. The van der Waals surface area contributed by atoms with Crippen molar-refractivity contribution in [3.63, 3.8) is 0 Å². The number of hydrogen-bond donors (Lipinski definition) is 1. The summed E-state index contributed by atoms with van der Waals surface area (Å²) in [4.78, 5) is 27.2. The minimum Gasteiger partial charge on any atom is -0.497 e. The summed E-state index contributed by atoms with van der Waals surface area (Å²) >= 11 is 0. The number of halogens is 1. The quantitative estimate of drug-likeness (QED) is 0.449. The molecule has 3 aromatic rings. The molecule has 190 valence electrons.